The van der Waals surface area contributed by atoms with Crippen LogP contribution in [-0.4, -0.2) is 24.5 Å². The van der Waals surface area contributed by atoms with Crippen molar-refractivity contribution < 1.29 is 54.3 Å². The maximum atomic E-state index is 8.83. The van der Waals surface area contributed by atoms with Gasteiger partial charge in [-0.25, -0.2) is 9.97 Å². The molecule has 0 amide bonds. The predicted molar refractivity (Wildman–Crippen MR) is 171 cm³/mol. The Kier molecular flexibility index (Phi) is 8.90. The summed E-state index contributed by atoms with van der Waals surface area (Å²) in [5, 5.41) is 1.33. The molecular formula is C38H21N5O2Pt2. The number of pyridine rings is 2. The van der Waals surface area contributed by atoms with E-state index in [0.717, 1.165) is 22.5 Å². The first-order valence-electron chi connectivity index (χ1n) is 15.1. The molecule has 0 radical (unpaired) electrons. The number of hydrogen-bond donors (Lipinski definition) is 0. The quantitative estimate of drug-likeness (QED) is 0.149. The molecule has 0 spiro atoms. The molecule has 0 unspecified atom stereocenters. The Morgan fingerprint density at radius 2 is 0.979 bits per heavy atom. The zero-order valence-corrected chi connectivity index (χ0v) is 28.7. The van der Waals surface area contributed by atoms with Crippen LogP contribution in [0.2, 0.25) is 0 Å². The van der Waals surface area contributed by atoms with E-state index in [9.17, 15) is 0 Å². The molecule has 0 saturated carbocycles. The largest absolute Gasteiger partial charge is 2.00 e. The molecule has 4 aromatic carbocycles. The second-order valence-corrected chi connectivity index (χ2v) is 9.89. The van der Waals surface area contributed by atoms with Gasteiger partial charge in [0.1, 0.15) is 0 Å². The molecule has 0 saturated heterocycles. The van der Waals surface area contributed by atoms with Crippen molar-refractivity contribution in [2.24, 2.45) is 0 Å². The van der Waals surface area contributed by atoms with Crippen LogP contribution >= 0.6 is 0 Å². The molecule has 0 N–H and O–H groups in total. The normalized spacial score (nSPS) is 11.2. The van der Waals surface area contributed by atoms with Gasteiger partial charge in [-0.05, 0) is 32.3 Å². The summed E-state index contributed by atoms with van der Waals surface area (Å²) in [6, 6.07) is 40.7. The van der Waals surface area contributed by atoms with Gasteiger partial charge in [0.05, 0.1) is 0 Å². The van der Waals surface area contributed by atoms with E-state index >= 15 is 0 Å². The number of hydrogen-bond acceptors (Lipinski definition) is 6. The smallest absolute Gasteiger partial charge is 0.503 e. The van der Waals surface area contributed by atoms with Crippen LogP contribution in [-0.2, 0) is 42.1 Å². The van der Waals surface area contributed by atoms with Crippen LogP contribution in [0.4, 0.5) is 0 Å². The summed E-state index contributed by atoms with van der Waals surface area (Å²) in [5.74, 6) is 1.57. The van der Waals surface area contributed by atoms with Gasteiger partial charge in [-0.1, -0.05) is 47.4 Å². The summed E-state index contributed by atoms with van der Waals surface area (Å²) in [6.45, 7) is 0. The van der Waals surface area contributed by atoms with Crippen molar-refractivity contribution in [3.05, 3.63) is 152 Å². The molecule has 4 heterocycles. The van der Waals surface area contributed by atoms with Crippen molar-refractivity contribution in [1.82, 2.24) is 24.5 Å². The molecule has 0 fully saturated rings. The number of aromatic nitrogens is 5. The molecule has 9 heteroatoms. The van der Waals surface area contributed by atoms with Crippen LogP contribution in [0.5, 0.6) is 23.0 Å². The number of nitrogens with zero attached hydrogens (tertiary/aromatic N) is 5. The van der Waals surface area contributed by atoms with Crippen LogP contribution in [0.25, 0.3) is 50.3 Å². The molecule has 8 rings (SSSR count). The van der Waals surface area contributed by atoms with Crippen molar-refractivity contribution in [3.63, 3.8) is 0 Å². The van der Waals surface area contributed by atoms with Gasteiger partial charge in [0, 0.05) is 47.8 Å². The van der Waals surface area contributed by atoms with Gasteiger partial charge in [-0.15, -0.1) is 71.7 Å². The molecule has 0 aliphatic rings. The summed E-state index contributed by atoms with van der Waals surface area (Å²) in [4.78, 5) is 17.8. The third-order valence-corrected chi connectivity index (χ3v) is 7.00. The monoisotopic (exact) mass is 971 g/mol. The molecule has 0 bridgehead atoms. The average Bonchev–Trinajstić information content (AvgIpc) is 3.41. The van der Waals surface area contributed by atoms with Gasteiger partial charge in [-0.2, -0.15) is 22.9 Å². The van der Waals surface area contributed by atoms with Gasteiger partial charge >= 0.3 is 42.1 Å². The van der Waals surface area contributed by atoms with Crippen LogP contribution < -0.4 is 9.47 Å². The fourth-order valence-electron chi connectivity index (χ4n) is 5.00. The van der Waals surface area contributed by atoms with Crippen molar-refractivity contribution in [3.8, 4) is 51.5 Å². The maximum absolute atomic E-state index is 8.83. The van der Waals surface area contributed by atoms with E-state index in [1.807, 2.05) is 60.7 Å². The summed E-state index contributed by atoms with van der Waals surface area (Å²) >= 11 is 0. The molecule has 8 aromatic rings. The molecule has 0 aliphatic heterocycles. The first-order valence-corrected chi connectivity index (χ1v) is 14.1. The fourth-order valence-corrected chi connectivity index (χ4v) is 5.00. The fraction of sp³-hybridized carbons (Fsp3) is 0. The third-order valence-electron chi connectivity index (χ3n) is 7.00. The topological polar surface area (TPSA) is 75.0 Å². The van der Waals surface area contributed by atoms with Crippen LogP contribution in [0.1, 0.15) is 2.74 Å². The zero-order chi connectivity index (χ0) is 31.7. The molecule has 230 valence electrons. The van der Waals surface area contributed by atoms with Crippen molar-refractivity contribution in [2.45, 2.75) is 0 Å². The first-order chi connectivity index (χ1) is 23.1. The average molecular weight is 972 g/mol. The summed E-state index contributed by atoms with van der Waals surface area (Å²) in [6.07, 6.45) is 6.72. The second-order valence-electron chi connectivity index (χ2n) is 9.89. The van der Waals surface area contributed by atoms with Gasteiger partial charge in [-0.3, -0.25) is 0 Å². The Labute approximate surface area is 302 Å². The van der Waals surface area contributed by atoms with E-state index in [1.54, 1.807) is 59.7 Å². The van der Waals surface area contributed by atoms with E-state index in [1.165, 1.54) is 0 Å². The van der Waals surface area contributed by atoms with E-state index in [4.69, 9.17) is 12.2 Å². The molecular weight excluding hydrogens is 949 g/mol. The Morgan fingerprint density at radius 1 is 0.489 bits per heavy atom. The Hall–Kier alpha value is -4.96. The molecule has 0 aliphatic carbocycles. The standard InChI is InChI=1S/C38H21N5O2.2Pt/c1-3-18-39-34(12-1)26-8-5-10-28(22-26)44-30-14-16-32-33-17-15-31(25-37(33)43(36(32)24-30)38-41-20-7-21-42-38)45-29-11-6-9-27(23-29)35-13-2-4-19-40-35;;/h1-21H;;/q-4;2*+2/i14D,15D;;. The van der Waals surface area contributed by atoms with Gasteiger partial charge < -0.3 is 24.0 Å². The Bertz CT molecular complexity index is 2250. The minimum atomic E-state index is 0. The number of benzene rings is 4. The van der Waals surface area contributed by atoms with Crippen molar-refractivity contribution in [2.75, 3.05) is 0 Å². The number of rotatable bonds is 7. The van der Waals surface area contributed by atoms with Gasteiger partial charge in [0.15, 0.2) is 0 Å². The van der Waals surface area contributed by atoms with E-state index < -0.39 is 0 Å². The SMILES string of the molecule is [2H]c1cc2c3cc([2H])c(Oc4[c-]c(-c5ccccn5)ccc4)[c-]c3n(-c3ncccn3)c2[c-]c1Oc1[c-]c(-c2ccccn2)ccc1.[Pt+2].[Pt+2]. The van der Waals surface area contributed by atoms with E-state index in [2.05, 4.69) is 44.2 Å². The summed E-state index contributed by atoms with van der Waals surface area (Å²) < 4.78 is 31.8. The van der Waals surface area contributed by atoms with Crippen molar-refractivity contribution in [1.29, 1.82) is 0 Å². The first kappa shape index (κ1) is 29.4. The third kappa shape index (κ3) is 6.64. The van der Waals surface area contributed by atoms with Gasteiger partial charge in [0.25, 0.3) is 0 Å². The van der Waals surface area contributed by atoms with E-state index in [0.29, 0.717) is 39.3 Å². The second kappa shape index (κ2) is 14.2. The maximum Gasteiger partial charge on any atom is 2.00 e. The Balaban J connectivity index is 0.00000208. The summed E-state index contributed by atoms with van der Waals surface area (Å²) in [7, 11) is 0. The van der Waals surface area contributed by atoms with Crippen LogP contribution in [0.3, 0.4) is 0 Å². The predicted octanol–water partition coefficient (Wildman–Crippen LogP) is 8.48. The molecule has 7 nitrogen and oxygen atoms in total. The minimum absolute atomic E-state index is 0. The zero-order valence-electron chi connectivity index (χ0n) is 26.2. The van der Waals surface area contributed by atoms with E-state index in [-0.39, 0.29) is 65.7 Å². The van der Waals surface area contributed by atoms with Gasteiger partial charge in [0.2, 0.25) is 5.95 Å². The minimum Gasteiger partial charge on any atom is -0.503 e. The Morgan fingerprint density at radius 3 is 1.45 bits per heavy atom. The number of fused-ring (bicyclic) bond motifs is 3. The molecule has 0 atom stereocenters. The summed E-state index contributed by atoms with van der Waals surface area (Å²) in [5.41, 5.74) is 4.13. The molecule has 47 heavy (non-hydrogen) atoms. The van der Waals surface area contributed by atoms with Crippen LogP contribution in [0, 0.1) is 24.3 Å². The molecule has 4 aromatic heterocycles. The van der Waals surface area contributed by atoms with Crippen LogP contribution in [0.15, 0.2) is 128 Å². The number of ether oxygens (including phenoxy) is 2. The van der Waals surface area contributed by atoms with Crippen molar-refractivity contribution >= 4 is 21.8 Å².